The molecule has 2 unspecified atom stereocenters. The van der Waals surface area contributed by atoms with Gasteiger partial charge in [-0.2, -0.15) is 0 Å². The van der Waals surface area contributed by atoms with E-state index in [2.05, 4.69) is 0 Å². The quantitative estimate of drug-likeness (QED) is 0.666. The Labute approximate surface area is 120 Å². The van der Waals surface area contributed by atoms with Gasteiger partial charge >= 0.3 is 0 Å². The highest BCUT2D eigenvalue weighted by molar-refractivity contribution is 7.80. The summed E-state index contributed by atoms with van der Waals surface area (Å²) in [6, 6.07) is 3.76. The Hall–Kier alpha value is -1.82. The zero-order valence-electron chi connectivity index (χ0n) is 10.6. The van der Waals surface area contributed by atoms with Crippen LogP contribution in [0.2, 0.25) is 0 Å². The second kappa shape index (κ2) is 4.63. The van der Waals surface area contributed by atoms with Crippen molar-refractivity contribution in [1.82, 2.24) is 0 Å². The van der Waals surface area contributed by atoms with Crippen molar-refractivity contribution in [2.75, 3.05) is 4.90 Å². The fraction of sp³-hybridized carbons (Fsp3) is 0.357. The van der Waals surface area contributed by atoms with Gasteiger partial charge in [0.2, 0.25) is 11.8 Å². The lowest BCUT2D eigenvalue weighted by Gasteiger charge is -2.30. The zero-order valence-corrected chi connectivity index (χ0v) is 11.5. The largest absolute Gasteiger partial charge is 0.389 e. The molecule has 1 aromatic rings. The number of thiocarbonyl (C=S) groups is 1. The minimum Gasteiger partial charge on any atom is -0.389 e. The van der Waals surface area contributed by atoms with Gasteiger partial charge in [0.25, 0.3) is 0 Å². The molecule has 0 spiro atoms. The van der Waals surface area contributed by atoms with Gasteiger partial charge < -0.3 is 5.73 Å². The minimum absolute atomic E-state index is 0.0296. The van der Waals surface area contributed by atoms with E-state index in [0.717, 1.165) is 23.8 Å². The number of anilines is 1. The number of benzene rings is 1. The van der Waals surface area contributed by atoms with E-state index in [-0.39, 0.29) is 34.2 Å². The second-order valence-corrected chi connectivity index (χ2v) is 5.68. The first-order chi connectivity index (χ1) is 9.49. The maximum absolute atomic E-state index is 13.3. The third kappa shape index (κ3) is 1.91. The Balaban J connectivity index is 2.10. The van der Waals surface area contributed by atoms with E-state index in [1.807, 2.05) is 0 Å². The molecule has 1 aliphatic heterocycles. The third-order valence-corrected chi connectivity index (χ3v) is 4.26. The number of nitrogens with two attached hydrogens (primary N) is 1. The molecule has 2 amide bonds. The molecule has 1 aromatic carbocycles. The fourth-order valence-electron chi connectivity index (χ4n) is 3.04. The molecule has 20 heavy (non-hydrogen) atoms. The van der Waals surface area contributed by atoms with E-state index in [1.165, 1.54) is 12.1 Å². The van der Waals surface area contributed by atoms with Crippen molar-refractivity contribution in [3.63, 3.8) is 0 Å². The molecule has 1 saturated carbocycles. The van der Waals surface area contributed by atoms with Crippen LogP contribution < -0.4 is 10.6 Å². The molecule has 1 heterocycles. The summed E-state index contributed by atoms with van der Waals surface area (Å²) < 4.78 is 13.3. The Morgan fingerprint density at radius 2 is 1.85 bits per heavy atom. The summed E-state index contributed by atoms with van der Waals surface area (Å²) in [7, 11) is 0. The molecule has 2 bridgehead atoms. The lowest BCUT2D eigenvalue weighted by atomic mass is 9.95. The molecule has 6 heteroatoms. The summed E-state index contributed by atoms with van der Waals surface area (Å²) in [6.07, 6.45) is 2.09. The lowest BCUT2D eigenvalue weighted by molar-refractivity contribution is -0.133. The monoisotopic (exact) mass is 292 g/mol. The number of halogens is 1. The summed E-state index contributed by atoms with van der Waals surface area (Å²) in [5.41, 5.74) is 6.10. The van der Waals surface area contributed by atoms with E-state index in [0.29, 0.717) is 12.1 Å². The van der Waals surface area contributed by atoms with Crippen LogP contribution in [-0.2, 0) is 9.59 Å². The van der Waals surface area contributed by atoms with Gasteiger partial charge in [0.05, 0.1) is 5.69 Å². The summed E-state index contributed by atoms with van der Waals surface area (Å²) in [6.45, 7) is 0. The van der Waals surface area contributed by atoms with E-state index < -0.39 is 5.82 Å². The van der Waals surface area contributed by atoms with Crippen molar-refractivity contribution in [3.05, 3.63) is 29.6 Å². The lowest BCUT2D eigenvalue weighted by Crippen LogP contribution is -2.47. The van der Waals surface area contributed by atoms with Crippen LogP contribution in [0, 0.1) is 17.7 Å². The Morgan fingerprint density at radius 1 is 1.25 bits per heavy atom. The van der Waals surface area contributed by atoms with Gasteiger partial charge in [0.15, 0.2) is 0 Å². The molecule has 1 saturated heterocycles. The number of hydrogen-bond acceptors (Lipinski definition) is 3. The van der Waals surface area contributed by atoms with Crippen LogP contribution in [0.4, 0.5) is 10.1 Å². The average molecular weight is 292 g/mol. The fourth-order valence-corrected chi connectivity index (χ4v) is 3.21. The first-order valence-electron chi connectivity index (χ1n) is 6.46. The number of piperidine rings is 1. The number of fused-ring (bicyclic) bond motifs is 2. The summed E-state index contributed by atoms with van der Waals surface area (Å²) in [4.78, 5) is 25.9. The van der Waals surface area contributed by atoms with Crippen LogP contribution in [0.5, 0.6) is 0 Å². The van der Waals surface area contributed by atoms with E-state index in [9.17, 15) is 14.0 Å². The SMILES string of the molecule is NC(=S)c1cc(F)ccc1N1C(=O)C2CCC(C2)C1=O. The predicted octanol–water partition coefficient (Wildman–Crippen LogP) is 1.75. The van der Waals surface area contributed by atoms with Gasteiger partial charge in [0.1, 0.15) is 10.8 Å². The van der Waals surface area contributed by atoms with E-state index in [4.69, 9.17) is 18.0 Å². The molecule has 2 fully saturated rings. The first-order valence-corrected chi connectivity index (χ1v) is 6.87. The summed E-state index contributed by atoms with van der Waals surface area (Å²) in [5, 5.41) is 0. The number of amides is 2. The van der Waals surface area contributed by atoms with Crippen molar-refractivity contribution >= 4 is 34.7 Å². The highest BCUT2D eigenvalue weighted by Gasteiger charge is 2.46. The molecule has 0 aromatic heterocycles. The first kappa shape index (κ1) is 13.2. The third-order valence-electron chi connectivity index (χ3n) is 4.04. The molecule has 4 nitrogen and oxygen atoms in total. The van der Waals surface area contributed by atoms with E-state index >= 15 is 0 Å². The van der Waals surface area contributed by atoms with Crippen molar-refractivity contribution in [2.45, 2.75) is 19.3 Å². The Morgan fingerprint density at radius 3 is 2.40 bits per heavy atom. The molecule has 104 valence electrons. The average Bonchev–Trinajstić information content (AvgIpc) is 2.85. The number of rotatable bonds is 2. The van der Waals surface area contributed by atoms with Crippen molar-refractivity contribution in [2.24, 2.45) is 17.6 Å². The Bertz CT molecular complexity index is 610. The van der Waals surface area contributed by atoms with Crippen molar-refractivity contribution in [3.8, 4) is 0 Å². The maximum atomic E-state index is 13.3. The zero-order chi connectivity index (χ0) is 14.4. The number of nitrogens with zero attached hydrogens (tertiary/aromatic N) is 1. The minimum atomic E-state index is -0.503. The molecular formula is C14H13FN2O2S. The van der Waals surface area contributed by atoms with Crippen LogP contribution in [0.3, 0.4) is 0 Å². The van der Waals surface area contributed by atoms with Crippen LogP contribution in [0.15, 0.2) is 18.2 Å². The van der Waals surface area contributed by atoms with Crippen molar-refractivity contribution < 1.29 is 14.0 Å². The molecule has 3 rings (SSSR count). The number of carbonyl (C=O) groups excluding carboxylic acids is 2. The predicted molar refractivity (Wildman–Crippen MR) is 75.6 cm³/mol. The molecule has 2 atom stereocenters. The van der Waals surface area contributed by atoms with Gasteiger partial charge in [-0.1, -0.05) is 12.2 Å². The molecule has 1 aliphatic carbocycles. The molecule has 2 aliphatic rings. The van der Waals surface area contributed by atoms with Gasteiger partial charge in [-0.15, -0.1) is 0 Å². The molecular weight excluding hydrogens is 279 g/mol. The number of hydrogen-bond donors (Lipinski definition) is 1. The standard InChI is InChI=1S/C14H13FN2O2S/c15-9-3-4-11(10(6-9)12(16)20)17-13(18)7-1-2-8(5-7)14(17)19/h3-4,6-8H,1-2,5H2,(H2,16,20). The molecule has 2 N–H and O–H groups in total. The van der Waals surface area contributed by atoms with E-state index in [1.54, 1.807) is 0 Å². The van der Waals surface area contributed by atoms with Gasteiger partial charge in [0, 0.05) is 17.4 Å². The topological polar surface area (TPSA) is 63.4 Å². The Kier molecular flexibility index (Phi) is 3.05. The summed E-state index contributed by atoms with van der Waals surface area (Å²) >= 11 is 4.89. The van der Waals surface area contributed by atoms with Crippen LogP contribution >= 0.6 is 12.2 Å². The van der Waals surface area contributed by atoms with Crippen LogP contribution in [0.1, 0.15) is 24.8 Å². The number of carbonyl (C=O) groups is 2. The van der Waals surface area contributed by atoms with Gasteiger partial charge in [-0.25, -0.2) is 9.29 Å². The van der Waals surface area contributed by atoms with Gasteiger partial charge in [-0.3, -0.25) is 9.59 Å². The molecule has 0 radical (unpaired) electrons. The number of imide groups is 1. The van der Waals surface area contributed by atoms with Crippen molar-refractivity contribution in [1.29, 1.82) is 0 Å². The second-order valence-electron chi connectivity index (χ2n) is 5.24. The maximum Gasteiger partial charge on any atom is 0.236 e. The highest BCUT2D eigenvalue weighted by Crippen LogP contribution is 2.40. The van der Waals surface area contributed by atoms with Crippen LogP contribution in [0.25, 0.3) is 0 Å². The highest BCUT2D eigenvalue weighted by atomic mass is 32.1. The van der Waals surface area contributed by atoms with Crippen LogP contribution in [-0.4, -0.2) is 16.8 Å². The smallest absolute Gasteiger partial charge is 0.236 e. The van der Waals surface area contributed by atoms with Gasteiger partial charge in [-0.05, 0) is 37.5 Å². The summed E-state index contributed by atoms with van der Waals surface area (Å²) in [5.74, 6) is -1.21. The normalized spacial score (nSPS) is 25.1.